The van der Waals surface area contributed by atoms with E-state index in [1.54, 1.807) is 0 Å². The topological polar surface area (TPSA) is 53.0 Å². The summed E-state index contributed by atoms with van der Waals surface area (Å²) in [5, 5.41) is 0. The van der Waals surface area contributed by atoms with E-state index in [0.29, 0.717) is 0 Å². The zero-order valence-corrected chi connectivity index (χ0v) is 9.45. The monoisotopic (exact) mass is 219 g/mol. The average Bonchev–Trinajstić information content (AvgIpc) is 2.46. The zero-order valence-electron chi connectivity index (χ0n) is 7.81. The van der Waals surface area contributed by atoms with E-state index in [1.807, 2.05) is 25.1 Å². The van der Waals surface area contributed by atoms with Crippen molar-refractivity contribution in [3.05, 3.63) is 23.8 Å². The van der Waals surface area contributed by atoms with Crippen LogP contribution in [0, 0.1) is 6.92 Å². The average molecular weight is 219 g/mol. The third kappa shape index (κ3) is 2.25. The van der Waals surface area contributed by atoms with Crippen LogP contribution in [0.3, 0.4) is 0 Å². The molecule has 6 heteroatoms. The summed E-state index contributed by atoms with van der Waals surface area (Å²) in [6.07, 6.45) is 0. The Balaban J connectivity index is 0.000000980. The first-order valence-electron chi connectivity index (χ1n) is 3.63. The van der Waals surface area contributed by atoms with Crippen molar-refractivity contribution < 1.29 is 27.6 Å². The van der Waals surface area contributed by atoms with E-state index in [2.05, 4.69) is 4.98 Å². The van der Waals surface area contributed by atoms with Gasteiger partial charge in [-0.05, 0) is 24.6 Å². The SMILES string of the molecule is Cc1ccc2nc(S(=O)[O-])sc2c1.[Li+]. The molecule has 3 nitrogen and oxygen atoms in total. The standard InChI is InChI=1S/C8H7NO2S2.Li/c1-5-2-3-6-7(4-5)12-8(9-6)13(10)11;/h2-4H,1H3,(H,10,11);/q;+1/p-1. The number of nitrogens with zero attached hydrogens (tertiary/aromatic N) is 1. The first-order valence-corrected chi connectivity index (χ1v) is 5.52. The number of aryl methyl sites for hydroxylation is 1. The maximum atomic E-state index is 10.6. The maximum absolute atomic E-state index is 10.6. The fourth-order valence-corrected chi connectivity index (χ4v) is 2.59. The van der Waals surface area contributed by atoms with Gasteiger partial charge in [0.1, 0.15) is 0 Å². The van der Waals surface area contributed by atoms with E-state index in [4.69, 9.17) is 0 Å². The van der Waals surface area contributed by atoms with E-state index in [1.165, 1.54) is 11.3 Å². The Morgan fingerprint density at radius 2 is 2.21 bits per heavy atom. The van der Waals surface area contributed by atoms with E-state index in [9.17, 15) is 8.76 Å². The Labute approximate surface area is 100 Å². The number of benzene rings is 1. The quantitative estimate of drug-likeness (QED) is 0.449. The predicted molar refractivity (Wildman–Crippen MR) is 51.5 cm³/mol. The van der Waals surface area contributed by atoms with Gasteiger partial charge in [0.05, 0.1) is 10.2 Å². The summed E-state index contributed by atoms with van der Waals surface area (Å²) in [4.78, 5) is 3.96. The molecule has 0 saturated heterocycles. The third-order valence-electron chi connectivity index (χ3n) is 1.67. The van der Waals surface area contributed by atoms with Crippen LogP contribution in [0.4, 0.5) is 0 Å². The Bertz CT molecular complexity index is 483. The Morgan fingerprint density at radius 1 is 1.50 bits per heavy atom. The minimum Gasteiger partial charge on any atom is -0.767 e. The Morgan fingerprint density at radius 3 is 2.86 bits per heavy atom. The van der Waals surface area contributed by atoms with Crippen LogP contribution in [0.15, 0.2) is 22.5 Å². The second-order valence-electron chi connectivity index (χ2n) is 2.69. The van der Waals surface area contributed by atoms with Crippen molar-refractivity contribution in [2.24, 2.45) is 0 Å². The summed E-state index contributed by atoms with van der Waals surface area (Å²) in [5.74, 6) is 0. The van der Waals surface area contributed by atoms with Gasteiger partial charge in [-0.1, -0.05) is 6.07 Å². The second-order valence-corrected chi connectivity index (χ2v) is 4.83. The molecule has 14 heavy (non-hydrogen) atoms. The van der Waals surface area contributed by atoms with Crippen LogP contribution in [-0.2, 0) is 11.1 Å². The summed E-state index contributed by atoms with van der Waals surface area (Å²) in [6, 6.07) is 5.68. The van der Waals surface area contributed by atoms with Gasteiger partial charge in [0.25, 0.3) is 0 Å². The fraction of sp³-hybridized carbons (Fsp3) is 0.125. The van der Waals surface area contributed by atoms with Crippen LogP contribution in [0.25, 0.3) is 10.2 Å². The molecule has 1 heterocycles. The van der Waals surface area contributed by atoms with Crippen molar-refractivity contribution in [1.29, 1.82) is 0 Å². The van der Waals surface area contributed by atoms with Gasteiger partial charge in [-0.2, -0.15) is 0 Å². The van der Waals surface area contributed by atoms with Crippen LogP contribution >= 0.6 is 11.3 Å². The molecule has 1 aromatic heterocycles. The van der Waals surface area contributed by atoms with E-state index in [0.717, 1.165) is 15.8 Å². The smallest absolute Gasteiger partial charge is 0.767 e. The number of aromatic nitrogens is 1. The summed E-state index contributed by atoms with van der Waals surface area (Å²) in [7, 11) is 0. The molecule has 0 N–H and O–H groups in total. The summed E-state index contributed by atoms with van der Waals surface area (Å²) >= 11 is -1.02. The molecule has 0 spiro atoms. The van der Waals surface area contributed by atoms with Gasteiger partial charge in [0.15, 0.2) is 4.34 Å². The largest absolute Gasteiger partial charge is 1.00 e. The second kappa shape index (κ2) is 4.56. The van der Waals surface area contributed by atoms with Crippen molar-refractivity contribution >= 4 is 32.6 Å². The first kappa shape index (κ1) is 11.9. The Hall–Kier alpha value is -0.183. The zero-order chi connectivity index (χ0) is 9.42. The van der Waals surface area contributed by atoms with Crippen LogP contribution in [0.2, 0.25) is 0 Å². The normalized spacial score (nSPS) is 12.4. The van der Waals surface area contributed by atoms with Crippen LogP contribution in [-0.4, -0.2) is 13.7 Å². The molecule has 0 saturated carbocycles. The van der Waals surface area contributed by atoms with Crippen molar-refractivity contribution in [2.45, 2.75) is 11.3 Å². The number of fused-ring (bicyclic) bond motifs is 1. The van der Waals surface area contributed by atoms with Crippen LogP contribution in [0.5, 0.6) is 0 Å². The molecule has 68 valence electrons. The van der Waals surface area contributed by atoms with E-state index >= 15 is 0 Å². The Kier molecular flexibility index (Phi) is 3.87. The number of hydrogen-bond donors (Lipinski definition) is 0. The minimum absolute atomic E-state index is 0. The van der Waals surface area contributed by atoms with E-state index in [-0.39, 0.29) is 23.2 Å². The molecule has 1 aromatic carbocycles. The summed E-state index contributed by atoms with van der Waals surface area (Å²) in [5.41, 5.74) is 1.86. The van der Waals surface area contributed by atoms with Gasteiger partial charge in [0.2, 0.25) is 0 Å². The van der Waals surface area contributed by atoms with Gasteiger partial charge in [-0.15, -0.1) is 11.3 Å². The maximum Gasteiger partial charge on any atom is 1.00 e. The molecule has 0 bridgehead atoms. The molecular formula is C8H6LiNO2S2. The number of hydrogen-bond acceptors (Lipinski definition) is 4. The van der Waals surface area contributed by atoms with Gasteiger partial charge in [-0.3, -0.25) is 4.21 Å². The molecule has 0 amide bonds. The summed E-state index contributed by atoms with van der Waals surface area (Å²) in [6.45, 7) is 1.97. The van der Waals surface area contributed by atoms with Crippen molar-refractivity contribution in [3.8, 4) is 0 Å². The van der Waals surface area contributed by atoms with Crippen molar-refractivity contribution in [3.63, 3.8) is 0 Å². The molecule has 1 unspecified atom stereocenters. The van der Waals surface area contributed by atoms with Crippen molar-refractivity contribution in [2.75, 3.05) is 0 Å². The molecule has 0 aliphatic heterocycles. The van der Waals surface area contributed by atoms with Crippen LogP contribution < -0.4 is 18.9 Å². The molecular weight excluding hydrogens is 213 g/mol. The van der Waals surface area contributed by atoms with Gasteiger partial charge in [0, 0.05) is 11.1 Å². The van der Waals surface area contributed by atoms with Gasteiger partial charge >= 0.3 is 18.9 Å². The van der Waals surface area contributed by atoms with E-state index < -0.39 is 11.1 Å². The first-order chi connectivity index (χ1) is 6.16. The molecule has 1 atom stereocenters. The van der Waals surface area contributed by atoms with Gasteiger partial charge in [-0.25, -0.2) is 4.98 Å². The molecule has 0 aliphatic rings. The molecule has 0 aliphatic carbocycles. The fourth-order valence-electron chi connectivity index (χ4n) is 1.08. The molecule has 2 aromatic rings. The third-order valence-corrected chi connectivity index (χ3v) is 3.51. The van der Waals surface area contributed by atoms with Gasteiger partial charge < -0.3 is 4.55 Å². The van der Waals surface area contributed by atoms with Crippen LogP contribution in [0.1, 0.15) is 5.56 Å². The summed E-state index contributed by atoms with van der Waals surface area (Å²) < 4.78 is 22.3. The minimum atomic E-state index is -2.21. The number of rotatable bonds is 1. The predicted octanol–water partition coefficient (Wildman–Crippen LogP) is -1.15. The van der Waals surface area contributed by atoms with Crippen molar-refractivity contribution in [1.82, 2.24) is 4.98 Å². The molecule has 2 rings (SSSR count). The molecule has 0 radical (unpaired) electrons. The number of thiazole rings is 1. The molecule has 0 fully saturated rings.